The normalized spacial score (nSPS) is 15.6. The molecule has 0 saturated carbocycles. The van der Waals surface area contributed by atoms with Crippen LogP contribution in [-0.2, 0) is 4.79 Å². The lowest BCUT2D eigenvalue weighted by molar-refractivity contribution is -0.132. The first-order valence-electron chi connectivity index (χ1n) is 9.80. The van der Waals surface area contributed by atoms with Gasteiger partial charge in [0.2, 0.25) is 5.91 Å². The Morgan fingerprint density at radius 1 is 1.17 bits per heavy atom. The van der Waals surface area contributed by atoms with E-state index in [0.717, 1.165) is 0 Å². The number of hydrogen-bond acceptors (Lipinski definition) is 5. The molecule has 1 aliphatic rings. The van der Waals surface area contributed by atoms with Crippen LogP contribution in [0.2, 0.25) is 0 Å². The van der Waals surface area contributed by atoms with Gasteiger partial charge in [0.1, 0.15) is 5.76 Å². The Balaban J connectivity index is 1.41. The van der Waals surface area contributed by atoms with Gasteiger partial charge in [-0.25, -0.2) is 0 Å². The largest absolute Gasteiger partial charge is 0.361 e. The third-order valence-electron chi connectivity index (χ3n) is 4.94. The summed E-state index contributed by atoms with van der Waals surface area (Å²) in [6.45, 7) is 4.70. The van der Waals surface area contributed by atoms with Crippen molar-refractivity contribution in [3.05, 3.63) is 53.4 Å². The first-order valence-corrected chi connectivity index (χ1v) is 9.80. The lowest BCUT2D eigenvalue weighted by Crippen LogP contribution is -2.48. The van der Waals surface area contributed by atoms with E-state index in [0.29, 0.717) is 37.3 Å². The Hall–Kier alpha value is -3.16. The van der Waals surface area contributed by atoms with Gasteiger partial charge in [0, 0.05) is 43.2 Å². The molecule has 2 N–H and O–H groups in total. The monoisotopic (exact) mass is 398 g/mol. The van der Waals surface area contributed by atoms with E-state index in [2.05, 4.69) is 15.8 Å². The minimum Gasteiger partial charge on any atom is -0.361 e. The Bertz CT molecular complexity index is 857. The van der Waals surface area contributed by atoms with Crippen LogP contribution in [-0.4, -0.2) is 53.0 Å². The van der Waals surface area contributed by atoms with Gasteiger partial charge in [-0.05, 0) is 38.8 Å². The second kappa shape index (κ2) is 9.36. The first kappa shape index (κ1) is 20.6. The number of aromatic nitrogens is 1. The third kappa shape index (κ3) is 5.66. The Kier molecular flexibility index (Phi) is 6.64. The Morgan fingerprint density at radius 3 is 2.48 bits per heavy atom. The van der Waals surface area contributed by atoms with Crippen molar-refractivity contribution in [1.82, 2.24) is 20.7 Å². The molecule has 2 aromatic rings. The van der Waals surface area contributed by atoms with Crippen molar-refractivity contribution >= 4 is 17.7 Å². The molecule has 29 heavy (non-hydrogen) atoms. The third-order valence-corrected chi connectivity index (χ3v) is 4.94. The number of piperidine rings is 1. The smallest absolute Gasteiger partial charge is 0.273 e. The summed E-state index contributed by atoms with van der Waals surface area (Å²) in [7, 11) is 0. The zero-order valence-electron chi connectivity index (χ0n) is 16.7. The van der Waals surface area contributed by atoms with E-state index in [1.807, 2.05) is 13.0 Å². The standard InChI is InChI=1S/C21H26N4O4/c1-14(22-20(27)16-6-4-3-5-7-16)12-19(26)25-10-8-17(9-11-25)23-21(28)18-13-15(2)29-24-18/h3-7,13-14,17H,8-12H2,1-2H3,(H,22,27)(H,23,28). The molecule has 0 bridgehead atoms. The van der Waals surface area contributed by atoms with Gasteiger partial charge in [-0.2, -0.15) is 0 Å². The summed E-state index contributed by atoms with van der Waals surface area (Å²) in [6.07, 6.45) is 1.60. The topological polar surface area (TPSA) is 105 Å². The Labute approximate surface area is 169 Å². The van der Waals surface area contributed by atoms with Gasteiger partial charge >= 0.3 is 0 Å². The highest BCUT2D eigenvalue weighted by Crippen LogP contribution is 2.13. The van der Waals surface area contributed by atoms with Crippen molar-refractivity contribution < 1.29 is 18.9 Å². The number of aryl methyl sites for hydroxylation is 1. The molecule has 1 saturated heterocycles. The molecule has 0 spiro atoms. The maximum Gasteiger partial charge on any atom is 0.273 e. The molecule has 1 unspecified atom stereocenters. The van der Waals surface area contributed by atoms with Gasteiger partial charge < -0.3 is 20.1 Å². The summed E-state index contributed by atoms with van der Waals surface area (Å²) < 4.78 is 4.92. The van der Waals surface area contributed by atoms with Crippen LogP contribution in [0.3, 0.4) is 0 Å². The molecule has 0 radical (unpaired) electrons. The predicted molar refractivity (Wildman–Crippen MR) is 106 cm³/mol. The molecule has 0 aliphatic carbocycles. The van der Waals surface area contributed by atoms with Crippen LogP contribution >= 0.6 is 0 Å². The zero-order chi connectivity index (χ0) is 20.8. The maximum atomic E-state index is 12.5. The highest BCUT2D eigenvalue weighted by Gasteiger charge is 2.26. The number of rotatable bonds is 6. The maximum absolute atomic E-state index is 12.5. The summed E-state index contributed by atoms with van der Waals surface area (Å²) in [5, 5.41) is 9.51. The van der Waals surface area contributed by atoms with Crippen LogP contribution in [0.4, 0.5) is 0 Å². The number of carbonyl (C=O) groups is 3. The van der Waals surface area contributed by atoms with Crippen LogP contribution in [0.5, 0.6) is 0 Å². The van der Waals surface area contributed by atoms with Gasteiger partial charge in [0.15, 0.2) is 5.69 Å². The summed E-state index contributed by atoms with van der Waals surface area (Å²) >= 11 is 0. The number of benzene rings is 1. The number of nitrogens with one attached hydrogen (secondary N) is 2. The number of nitrogens with zero attached hydrogens (tertiary/aromatic N) is 2. The fraction of sp³-hybridized carbons (Fsp3) is 0.429. The van der Waals surface area contributed by atoms with Crippen molar-refractivity contribution in [3.63, 3.8) is 0 Å². The molecule has 8 nitrogen and oxygen atoms in total. The molecule has 1 aliphatic heterocycles. The summed E-state index contributed by atoms with van der Waals surface area (Å²) in [4.78, 5) is 38.7. The van der Waals surface area contributed by atoms with Crippen LogP contribution < -0.4 is 10.6 Å². The van der Waals surface area contributed by atoms with Gasteiger partial charge in [-0.3, -0.25) is 14.4 Å². The molecular formula is C21H26N4O4. The van der Waals surface area contributed by atoms with Crippen molar-refractivity contribution in [3.8, 4) is 0 Å². The fourth-order valence-corrected chi connectivity index (χ4v) is 3.34. The highest BCUT2D eigenvalue weighted by molar-refractivity contribution is 5.94. The van der Waals surface area contributed by atoms with E-state index in [1.165, 1.54) is 0 Å². The van der Waals surface area contributed by atoms with Crippen LogP contribution in [0.15, 0.2) is 40.9 Å². The van der Waals surface area contributed by atoms with E-state index >= 15 is 0 Å². The first-order chi connectivity index (χ1) is 13.9. The van der Waals surface area contributed by atoms with Gasteiger partial charge in [0.25, 0.3) is 11.8 Å². The summed E-state index contributed by atoms with van der Waals surface area (Å²) in [6, 6.07) is 10.3. The summed E-state index contributed by atoms with van der Waals surface area (Å²) in [5.41, 5.74) is 0.842. The molecule has 154 valence electrons. The van der Waals surface area contributed by atoms with Crippen LogP contribution in [0.25, 0.3) is 0 Å². The Morgan fingerprint density at radius 2 is 1.86 bits per heavy atom. The molecule has 2 heterocycles. The lowest BCUT2D eigenvalue weighted by Gasteiger charge is -2.33. The number of amides is 3. The molecule has 3 amide bonds. The molecule has 3 rings (SSSR count). The van der Waals surface area contributed by atoms with E-state index in [9.17, 15) is 14.4 Å². The fourth-order valence-electron chi connectivity index (χ4n) is 3.34. The van der Waals surface area contributed by atoms with E-state index in [-0.39, 0.29) is 41.9 Å². The predicted octanol–water partition coefficient (Wildman–Crippen LogP) is 1.91. The van der Waals surface area contributed by atoms with E-state index in [4.69, 9.17) is 4.52 Å². The van der Waals surface area contributed by atoms with Crippen LogP contribution in [0.1, 0.15) is 52.8 Å². The van der Waals surface area contributed by atoms with Crippen LogP contribution in [0, 0.1) is 6.92 Å². The second-order valence-corrected chi connectivity index (χ2v) is 7.40. The summed E-state index contributed by atoms with van der Waals surface area (Å²) in [5.74, 6) is 0.145. The molecule has 8 heteroatoms. The van der Waals surface area contributed by atoms with E-state index < -0.39 is 0 Å². The van der Waals surface area contributed by atoms with Crippen molar-refractivity contribution in [2.75, 3.05) is 13.1 Å². The minimum atomic E-state index is -0.261. The van der Waals surface area contributed by atoms with Crippen molar-refractivity contribution in [2.45, 2.75) is 45.2 Å². The zero-order valence-corrected chi connectivity index (χ0v) is 16.7. The molecule has 1 aromatic carbocycles. The molecule has 1 fully saturated rings. The van der Waals surface area contributed by atoms with Gasteiger partial charge in [-0.1, -0.05) is 23.4 Å². The van der Waals surface area contributed by atoms with Crippen molar-refractivity contribution in [1.29, 1.82) is 0 Å². The number of likely N-dealkylation sites (tertiary alicyclic amines) is 1. The quantitative estimate of drug-likeness (QED) is 0.773. The number of hydrogen-bond donors (Lipinski definition) is 2. The second-order valence-electron chi connectivity index (χ2n) is 7.40. The number of carbonyl (C=O) groups excluding carboxylic acids is 3. The van der Waals surface area contributed by atoms with E-state index in [1.54, 1.807) is 42.2 Å². The van der Waals surface area contributed by atoms with Crippen molar-refractivity contribution in [2.24, 2.45) is 0 Å². The average molecular weight is 398 g/mol. The molecule has 1 atom stereocenters. The lowest BCUT2D eigenvalue weighted by atomic mass is 10.0. The minimum absolute atomic E-state index is 0.00115. The SMILES string of the molecule is Cc1cc(C(=O)NC2CCN(C(=O)CC(C)NC(=O)c3ccccc3)CC2)no1. The molecular weight excluding hydrogens is 372 g/mol. The highest BCUT2D eigenvalue weighted by atomic mass is 16.5. The van der Waals surface area contributed by atoms with Gasteiger partial charge in [0.05, 0.1) is 0 Å². The molecule has 1 aromatic heterocycles. The van der Waals surface area contributed by atoms with Gasteiger partial charge in [-0.15, -0.1) is 0 Å². The average Bonchev–Trinajstić information content (AvgIpc) is 3.15.